The number of fused-ring (bicyclic) bond motifs is 1. The summed E-state index contributed by atoms with van der Waals surface area (Å²) in [6.45, 7) is 4.01. The monoisotopic (exact) mass is 388 g/mol. The average Bonchev–Trinajstić information content (AvgIpc) is 3.11. The predicted octanol–water partition coefficient (Wildman–Crippen LogP) is 2.25. The van der Waals surface area contributed by atoms with Crippen LogP contribution < -0.4 is 5.56 Å². The third kappa shape index (κ3) is 3.89. The molecule has 3 rings (SSSR count). The maximum absolute atomic E-state index is 12.7. The molecule has 27 heavy (non-hydrogen) atoms. The van der Waals surface area contributed by atoms with Gasteiger partial charge in [0.2, 0.25) is 10.0 Å². The largest absolute Gasteiger partial charge is 0.306 e. The molecule has 0 bridgehead atoms. The Balaban J connectivity index is 1.89. The van der Waals surface area contributed by atoms with Gasteiger partial charge >= 0.3 is 0 Å². The summed E-state index contributed by atoms with van der Waals surface area (Å²) in [5.41, 5.74) is 2.62. The Morgan fingerprint density at radius 1 is 1.07 bits per heavy atom. The molecular weight excluding hydrogens is 364 g/mol. The van der Waals surface area contributed by atoms with Crippen molar-refractivity contribution in [1.82, 2.24) is 8.87 Å². The van der Waals surface area contributed by atoms with Crippen molar-refractivity contribution in [3.63, 3.8) is 0 Å². The van der Waals surface area contributed by atoms with E-state index in [2.05, 4.69) is 0 Å². The van der Waals surface area contributed by atoms with Crippen molar-refractivity contribution in [1.29, 1.82) is 0 Å². The fourth-order valence-corrected chi connectivity index (χ4v) is 4.97. The molecule has 2 aromatic rings. The van der Waals surface area contributed by atoms with Crippen LogP contribution in [0.4, 0.5) is 0 Å². The number of aryl methyl sites for hydroxylation is 2. The molecule has 0 radical (unpaired) electrons. The molecule has 0 spiro atoms. The van der Waals surface area contributed by atoms with E-state index in [4.69, 9.17) is 0 Å². The highest BCUT2D eigenvalue weighted by Crippen LogP contribution is 2.23. The minimum absolute atomic E-state index is 0.0209. The Bertz CT molecular complexity index is 1020. The third-order valence-electron chi connectivity index (χ3n) is 5.03. The van der Waals surface area contributed by atoms with Gasteiger partial charge in [-0.15, -0.1) is 0 Å². The molecule has 0 atom stereocenters. The molecule has 0 saturated heterocycles. The standard InChI is InChI=1S/C20H24N2O4S/c1-3-22(4-2)27(25,26)18-10-11-20(24)21(13-18)14-19(23)17-9-8-15-6-5-7-16(15)12-17/h8-13H,3-7,14H2,1-2H3. The zero-order valence-electron chi connectivity index (χ0n) is 15.6. The third-order valence-corrected chi connectivity index (χ3v) is 7.07. The Labute approximate surface area is 159 Å². The highest BCUT2D eigenvalue weighted by atomic mass is 32.2. The van der Waals surface area contributed by atoms with Crippen molar-refractivity contribution < 1.29 is 13.2 Å². The molecule has 1 aliphatic carbocycles. The van der Waals surface area contributed by atoms with E-state index >= 15 is 0 Å². The minimum atomic E-state index is -3.69. The molecule has 1 aromatic heterocycles. The normalized spacial score (nSPS) is 13.7. The van der Waals surface area contributed by atoms with Crippen molar-refractivity contribution in [2.75, 3.05) is 13.1 Å². The first-order chi connectivity index (χ1) is 12.9. The fourth-order valence-electron chi connectivity index (χ4n) is 3.49. The molecule has 1 heterocycles. The van der Waals surface area contributed by atoms with Crippen LogP contribution in [0.5, 0.6) is 0 Å². The summed E-state index contributed by atoms with van der Waals surface area (Å²) in [6.07, 6.45) is 4.36. The van der Waals surface area contributed by atoms with Crippen LogP contribution in [0.25, 0.3) is 0 Å². The number of carbonyl (C=O) groups is 1. The molecule has 0 aliphatic heterocycles. The summed E-state index contributed by atoms with van der Waals surface area (Å²) >= 11 is 0. The quantitative estimate of drug-likeness (QED) is 0.682. The van der Waals surface area contributed by atoms with E-state index in [1.54, 1.807) is 19.9 Å². The molecule has 0 N–H and O–H groups in total. The van der Waals surface area contributed by atoms with Crippen molar-refractivity contribution in [3.8, 4) is 0 Å². The van der Waals surface area contributed by atoms with Gasteiger partial charge in [-0.2, -0.15) is 4.31 Å². The van der Waals surface area contributed by atoms with E-state index in [1.165, 1.54) is 38.3 Å². The molecule has 1 aliphatic rings. The van der Waals surface area contributed by atoms with Gasteiger partial charge < -0.3 is 4.57 Å². The molecular formula is C20H24N2O4S. The Morgan fingerprint density at radius 2 is 1.78 bits per heavy atom. The summed E-state index contributed by atoms with van der Waals surface area (Å²) in [4.78, 5) is 24.8. The van der Waals surface area contributed by atoms with Gasteiger partial charge in [-0.1, -0.05) is 26.0 Å². The fraction of sp³-hybridized carbons (Fsp3) is 0.400. The number of hydrogen-bond acceptors (Lipinski definition) is 4. The van der Waals surface area contributed by atoms with Crippen LogP contribution in [0, 0.1) is 0 Å². The number of rotatable bonds is 7. The van der Waals surface area contributed by atoms with Crippen LogP contribution in [0.1, 0.15) is 41.8 Å². The second-order valence-corrected chi connectivity index (χ2v) is 8.62. The minimum Gasteiger partial charge on any atom is -0.306 e. The predicted molar refractivity (Wildman–Crippen MR) is 104 cm³/mol. The summed E-state index contributed by atoms with van der Waals surface area (Å²) in [7, 11) is -3.69. The van der Waals surface area contributed by atoms with Crippen molar-refractivity contribution in [3.05, 3.63) is 63.6 Å². The number of sulfonamides is 1. The van der Waals surface area contributed by atoms with E-state index < -0.39 is 15.6 Å². The van der Waals surface area contributed by atoms with Gasteiger partial charge in [0, 0.05) is 30.9 Å². The molecule has 6 nitrogen and oxygen atoms in total. The van der Waals surface area contributed by atoms with Crippen LogP contribution in [-0.4, -0.2) is 36.2 Å². The Hall–Kier alpha value is -2.25. The summed E-state index contributed by atoms with van der Waals surface area (Å²) in [5, 5.41) is 0. The summed E-state index contributed by atoms with van der Waals surface area (Å²) in [6, 6.07) is 8.15. The zero-order chi connectivity index (χ0) is 19.6. The lowest BCUT2D eigenvalue weighted by atomic mass is 10.0. The first kappa shape index (κ1) is 19.5. The highest BCUT2D eigenvalue weighted by molar-refractivity contribution is 7.89. The molecule has 0 fully saturated rings. The smallest absolute Gasteiger partial charge is 0.251 e. The SMILES string of the molecule is CCN(CC)S(=O)(=O)c1ccc(=O)n(CC(=O)c2ccc3c(c2)CCC3)c1. The van der Waals surface area contributed by atoms with Crippen LogP contribution in [0.2, 0.25) is 0 Å². The number of pyridine rings is 1. The maximum atomic E-state index is 12.7. The number of carbonyl (C=O) groups excluding carboxylic acids is 1. The second kappa shape index (κ2) is 7.78. The van der Waals surface area contributed by atoms with Gasteiger partial charge in [0.25, 0.3) is 5.56 Å². The van der Waals surface area contributed by atoms with Crippen molar-refractivity contribution >= 4 is 15.8 Å². The molecule has 1 aromatic carbocycles. The van der Waals surface area contributed by atoms with Crippen molar-refractivity contribution in [2.45, 2.75) is 44.6 Å². The molecule has 0 saturated carbocycles. The number of Topliss-reactive ketones (excluding diaryl/α,β-unsaturated/α-hetero) is 1. The van der Waals surface area contributed by atoms with E-state index in [-0.39, 0.29) is 17.2 Å². The molecule has 0 unspecified atom stereocenters. The summed E-state index contributed by atoms with van der Waals surface area (Å²) < 4.78 is 27.8. The van der Waals surface area contributed by atoms with E-state index in [1.807, 2.05) is 12.1 Å². The Kier molecular flexibility index (Phi) is 5.62. The Morgan fingerprint density at radius 3 is 2.48 bits per heavy atom. The average molecular weight is 388 g/mol. The number of benzene rings is 1. The van der Waals surface area contributed by atoms with Crippen LogP contribution in [-0.2, 0) is 29.4 Å². The van der Waals surface area contributed by atoms with Crippen LogP contribution in [0.15, 0.2) is 46.2 Å². The van der Waals surface area contributed by atoms with Gasteiger partial charge in [0.1, 0.15) is 0 Å². The van der Waals surface area contributed by atoms with Gasteiger partial charge in [0.15, 0.2) is 5.78 Å². The number of hydrogen-bond donors (Lipinski definition) is 0. The van der Waals surface area contributed by atoms with Crippen LogP contribution >= 0.6 is 0 Å². The number of ketones is 1. The first-order valence-electron chi connectivity index (χ1n) is 9.22. The van der Waals surface area contributed by atoms with E-state index in [9.17, 15) is 18.0 Å². The molecule has 0 amide bonds. The first-order valence-corrected chi connectivity index (χ1v) is 10.7. The van der Waals surface area contributed by atoms with Gasteiger partial charge in [-0.25, -0.2) is 8.42 Å². The van der Waals surface area contributed by atoms with Gasteiger partial charge in [-0.05, 0) is 42.5 Å². The number of nitrogens with zero attached hydrogens (tertiary/aromatic N) is 2. The topological polar surface area (TPSA) is 76.5 Å². The van der Waals surface area contributed by atoms with E-state index in [0.29, 0.717) is 18.7 Å². The zero-order valence-corrected chi connectivity index (χ0v) is 16.5. The van der Waals surface area contributed by atoms with Gasteiger partial charge in [0.05, 0.1) is 11.4 Å². The lowest BCUT2D eigenvalue weighted by molar-refractivity contribution is 0.0970. The van der Waals surface area contributed by atoms with Crippen LogP contribution in [0.3, 0.4) is 0 Å². The lowest BCUT2D eigenvalue weighted by Gasteiger charge is -2.19. The second-order valence-electron chi connectivity index (χ2n) is 6.68. The highest BCUT2D eigenvalue weighted by Gasteiger charge is 2.23. The molecule has 144 valence electrons. The lowest BCUT2D eigenvalue weighted by Crippen LogP contribution is -2.32. The van der Waals surface area contributed by atoms with Crippen molar-refractivity contribution in [2.24, 2.45) is 0 Å². The van der Waals surface area contributed by atoms with E-state index in [0.717, 1.165) is 19.3 Å². The maximum Gasteiger partial charge on any atom is 0.251 e. The van der Waals surface area contributed by atoms with Gasteiger partial charge in [-0.3, -0.25) is 9.59 Å². The summed E-state index contributed by atoms with van der Waals surface area (Å²) in [5.74, 6) is -0.204. The number of aromatic nitrogens is 1. The molecule has 7 heteroatoms.